The van der Waals surface area contributed by atoms with Gasteiger partial charge in [0.1, 0.15) is 5.60 Å². The summed E-state index contributed by atoms with van der Waals surface area (Å²) in [6, 6.07) is -0.853. The van der Waals surface area contributed by atoms with E-state index in [1.54, 1.807) is 20.2 Å². The third kappa shape index (κ3) is 5.38. The molecule has 0 bridgehead atoms. The Morgan fingerprint density at radius 2 is 2.21 bits per heavy atom. The molecule has 1 aliphatic rings. The van der Waals surface area contributed by atoms with Gasteiger partial charge < -0.3 is 15.7 Å². The molecular formula is C14H22F3N5O2. The van der Waals surface area contributed by atoms with Crippen molar-refractivity contribution in [2.75, 3.05) is 26.2 Å². The van der Waals surface area contributed by atoms with E-state index >= 15 is 0 Å². The lowest BCUT2D eigenvalue weighted by atomic mass is 10.00. The average Bonchev–Trinajstić information content (AvgIpc) is 3.04. The first-order valence-corrected chi connectivity index (χ1v) is 7.60. The number of nitrogens with zero attached hydrogens (tertiary/aromatic N) is 3. The second kappa shape index (κ2) is 6.98. The van der Waals surface area contributed by atoms with Gasteiger partial charge in [0.15, 0.2) is 0 Å². The van der Waals surface area contributed by atoms with Crippen LogP contribution in [0.15, 0.2) is 12.4 Å². The first-order chi connectivity index (χ1) is 11.0. The van der Waals surface area contributed by atoms with Gasteiger partial charge in [-0.2, -0.15) is 18.3 Å². The molecule has 3 N–H and O–H groups in total. The van der Waals surface area contributed by atoms with Gasteiger partial charge in [-0.3, -0.25) is 9.58 Å². The van der Waals surface area contributed by atoms with E-state index in [9.17, 15) is 23.1 Å². The SMILES string of the molecule is Cn1cc(C(C)(O)CNC(=O)NC2CCN(CC(F)(F)F)C2)cn1. The number of aliphatic hydroxyl groups is 1. The molecule has 2 amide bonds. The molecule has 2 rings (SSSR count). The summed E-state index contributed by atoms with van der Waals surface area (Å²) in [7, 11) is 1.71. The first-order valence-electron chi connectivity index (χ1n) is 7.60. The van der Waals surface area contributed by atoms with Gasteiger partial charge in [0.25, 0.3) is 0 Å². The number of amides is 2. The summed E-state index contributed by atoms with van der Waals surface area (Å²) in [6.07, 6.45) is -0.626. The number of urea groups is 1. The van der Waals surface area contributed by atoms with Crippen molar-refractivity contribution in [3.8, 4) is 0 Å². The third-order valence-corrected chi connectivity index (χ3v) is 3.93. The largest absolute Gasteiger partial charge is 0.401 e. The maximum Gasteiger partial charge on any atom is 0.401 e. The number of aryl methyl sites for hydroxylation is 1. The van der Waals surface area contributed by atoms with Crippen LogP contribution in [-0.4, -0.2) is 64.2 Å². The molecule has 1 saturated heterocycles. The minimum Gasteiger partial charge on any atom is -0.383 e. The maximum absolute atomic E-state index is 12.3. The zero-order valence-electron chi connectivity index (χ0n) is 13.6. The lowest BCUT2D eigenvalue weighted by Gasteiger charge is -2.23. The topological polar surface area (TPSA) is 82.4 Å². The molecular weight excluding hydrogens is 327 g/mol. The van der Waals surface area contributed by atoms with Gasteiger partial charge in [0.05, 0.1) is 19.3 Å². The van der Waals surface area contributed by atoms with Gasteiger partial charge in [-0.1, -0.05) is 0 Å². The van der Waals surface area contributed by atoms with Crippen molar-refractivity contribution in [2.45, 2.75) is 31.2 Å². The molecule has 1 aromatic heterocycles. The Morgan fingerprint density at radius 3 is 2.79 bits per heavy atom. The van der Waals surface area contributed by atoms with E-state index in [0.29, 0.717) is 12.0 Å². The summed E-state index contributed by atoms with van der Waals surface area (Å²) in [5.41, 5.74) is -0.730. The second-order valence-corrected chi connectivity index (χ2v) is 6.34. The minimum atomic E-state index is -4.24. The molecule has 1 aliphatic heterocycles. The molecule has 2 heterocycles. The molecule has 10 heteroatoms. The Morgan fingerprint density at radius 1 is 1.50 bits per heavy atom. The fraction of sp³-hybridized carbons (Fsp3) is 0.714. The minimum absolute atomic E-state index is 0.0382. The molecule has 24 heavy (non-hydrogen) atoms. The Bertz CT molecular complexity index is 573. The summed E-state index contributed by atoms with van der Waals surface area (Å²) in [6.45, 7) is 0.987. The number of likely N-dealkylation sites (tertiary alicyclic amines) is 1. The van der Waals surface area contributed by atoms with Gasteiger partial charge in [-0.15, -0.1) is 0 Å². The number of halogens is 3. The monoisotopic (exact) mass is 349 g/mol. The van der Waals surface area contributed by atoms with Crippen LogP contribution in [0, 0.1) is 0 Å². The summed E-state index contributed by atoms with van der Waals surface area (Å²) in [5.74, 6) is 0. The summed E-state index contributed by atoms with van der Waals surface area (Å²) >= 11 is 0. The standard InChI is InChI=1S/C14H22F3N5O2/c1-13(24,10-5-19-21(2)6-10)8-18-12(23)20-11-3-4-22(7-11)9-14(15,16)17/h5-6,11,24H,3-4,7-9H2,1-2H3,(H2,18,20,23). The molecule has 2 unspecified atom stereocenters. The number of nitrogens with one attached hydrogen (secondary N) is 2. The summed E-state index contributed by atoms with van der Waals surface area (Å²) in [5, 5.41) is 19.5. The fourth-order valence-electron chi connectivity index (χ4n) is 2.64. The highest BCUT2D eigenvalue weighted by molar-refractivity contribution is 5.74. The molecule has 1 aromatic rings. The maximum atomic E-state index is 12.3. The molecule has 7 nitrogen and oxygen atoms in total. The van der Waals surface area contributed by atoms with Crippen LogP contribution in [0.25, 0.3) is 0 Å². The second-order valence-electron chi connectivity index (χ2n) is 6.34. The van der Waals surface area contributed by atoms with Crippen molar-refractivity contribution in [2.24, 2.45) is 7.05 Å². The molecule has 136 valence electrons. The number of carbonyl (C=O) groups is 1. The number of alkyl halides is 3. The molecule has 2 atom stereocenters. The molecule has 0 saturated carbocycles. The molecule has 1 fully saturated rings. The number of rotatable bonds is 5. The van der Waals surface area contributed by atoms with Crippen molar-refractivity contribution in [3.05, 3.63) is 18.0 Å². The van der Waals surface area contributed by atoms with Crippen LogP contribution in [0.2, 0.25) is 0 Å². The quantitative estimate of drug-likeness (QED) is 0.726. The lowest BCUT2D eigenvalue weighted by molar-refractivity contribution is -0.143. The number of hydrogen-bond donors (Lipinski definition) is 3. The van der Waals surface area contributed by atoms with Gasteiger partial charge >= 0.3 is 12.2 Å². The highest BCUT2D eigenvalue weighted by Gasteiger charge is 2.35. The number of carbonyl (C=O) groups excluding carboxylic acids is 1. The number of hydrogen-bond acceptors (Lipinski definition) is 4. The normalized spacial score (nSPS) is 21.5. The van der Waals surface area contributed by atoms with E-state index in [0.717, 1.165) is 0 Å². The Kier molecular flexibility index (Phi) is 5.38. The Hall–Kier alpha value is -1.81. The van der Waals surface area contributed by atoms with E-state index in [-0.39, 0.29) is 25.7 Å². The number of aromatic nitrogens is 2. The van der Waals surface area contributed by atoms with Crippen LogP contribution in [0.4, 0.5) is 18.0 Å². The predicted octanol–water partition coefficient (Wildman–Crippen LogP) is 0.563. The first kappa shape index (κ1) is 18.5. The van der Waals surface area contributed by atoms with E-state index in [2.05, 4.69) is 15.7 Å². The highest BCUT2D eigenvalue weighted by atomic mass is 19.4. The van der Waals surface area contributed by atoms with Crippen LogP contribution >= 0.6 is 0 Å². The smallest absolute Gasteiger partial charge is 0.383 e. The Labute approximate surface area is 137 Å². The van der Waals surface area contributed by atoms with Crippen LogP contribution in [-0.2, 0) is 12.6 Å². The van der Waals surface area contributed by atoms with E-state index in [4.69, 9.17) is 0 Å². The van der Waals surface area contributed by atoms with E-state index in [1.807, 2.05) is 0 Å². The van der Waals surface area contributed by atoms with Crippen molar-refractivity contribution < 1.29 is 23.1 Å². The molecule has 0 radical (unpaired) electrons. The van der Waals surface area contributed by atoms with Gasteiger partial charge in [-0.25, -0.2) is 4.79 Å². The van der Waals surface area contributed by atoms with Crippen molar-refractivity contribution >= 4 is 6.03 Å². The summed E-state index contributed by atoms with van der Waals surface area (Å²) < 4.78 is 38.5. The van der Waals surface area contributed by atoms with Crippen LogP contribution in [0.5, 0.6) is 0 Å². The summed E-state index contributed by atoms with van der Waals surface area (Å²) in [4.78, 5) is 13.1. The lowest BCUT2D eigenvalue weighted by Crippen LogP contribution is -2.47. The fourth-order valence-corrected chi connectivity index (χ4v) is 2.64. The molecule has 0 aromatic carbocycles. The zero-order chi connectivity index (χ0) is 18.0. The molecule has 0 spiro atoms. The highest BCUT2D eigenvalue weighted by Crippen LogP contribution is 2.20. The van der Waals surface area contributed by atoms with Gasteiger partial charge in [0.2, 0.25) is 0 Å². The van der Waals surface area contributed by atoms with E-state index < -0.39 is 24.4 Å². The van der Waals surface area contributed by atoms with Gasteiger partial charge in [0, 0.05) is 37.9 Å². The predicted molar refractivity (Wildman–Crippen MR) is 80.2 cm³/mol. The van der Waals surface area contributed by atoms with Crippen LogP contribution < -0.4 is 10.6 Å². The molecule has 0 aliphatic carbocycles. The zero-order valence-corrected chi connectivity index (χ0v) is 13.6. The third-order valence-electron chi connectivity index (χ3n) is 3.93. The average molecular weight is 349 g/mol. The van der Waals surface area contributed by atoms with Crippen molar-refractivity contribution in [1.29, 1.82) is 0 Å². The van der Waals surface area contributed by atoms with Crippen molar-refractivity contribution in [3.63, 3.8) is 0 Å². The van der Waals surface area contributed by atoms with Crippen molar-refractivity contribution in [1.82, 2.24) is 25.3 Å². The van der Waals surface area contributed by atoms with E-state index in [1.165, 1.54) is 15.8 Å². The van der Waals surface area contributed by atoms with Crippen LogP contribution in [0.1, 0.15) is 18.9 Å². The Balaban J connectivity index is 1.76. The van der Waals surface area contributed by atoms with Crippen LogP contribution in [0.3, 0.4) is 0 Å². The van der Waals surface area contributed by atoms with Gasteiger partial charge in [-0.05, 0) is 13.3 Å².